The van der Waals surface area contributed by atoms with Crippen LogP contribution in [0.1, 0.15) is 24.0 Å². The van der Waals surface area contributed by atoms with Gasteiger partial charge in [0.15, 0.2) is 0 Å². The van der Waals surface area contributed by atoms with Gasteiger partial charge in [-0.3, -0.25) is 14.9 Å². The maximum atomic E-state index is 13.4. The first-order chi connectivity index (χ1) is 18.8. The molecule has 12 nitrogen and oxygen atoms in total. The molecule has 0 saturated heterocycles. The Kier molecular flexibility index (Phi) is 8.25. The second-order valence-electron chi connectivity index (χ2n) is 8.66. The first-order valence-corrected chi connectivity index (χ1v) is 12.1. The number of hydrogen-bond acceptors (Lipinski definition) is 9. The molecule has 2 aromatic carbocycles. The van der Waals surface area contributed by atoms with E-state index in [0.717, 1.165) is 0 Å². The Hall–Kier alpha value is -4.71. The molecule has 39 heavy (non-hydrogen) atoms. The van der Waals surface area contributed by atoms with E-state index in [0.29, 0.717) is 16.8 Å². The number of hydrogen-bond donors (Lipinski definition) is 3. The van der Waals surface area contributed by atoms with Gasteiger partial charge in [-0.15, -0.1) is 0 Å². The van der Waals surface area contributed by atoms with Crippen LogP contribution in [0, 0.1) is 0 Å². The molecule has 1 aliphatic heterocycles. The molecular formula is C27H28N4O8. The van der Waals surface area contributed by atoms with E-state index < -0.39 is 23.6 Å². The molecule has 3 aromatic rings. The Morgan fingerprint density at radius 2 is 1.67 bits per heavy atom. The number of amides is 1. The predicted molar refractivity (Wildman–Crippen MR) is 138 cm³/mol. The molecule has 0 unspecified atom stereocenters. The van der Waals surface area contributed by atoms with E-state index in [-0.39, 0.29) is 49.6 Å². The summed E-state index contributed by atoms with van der Waals surface area (Å²) in [5, 5.41) is 22.9. The van der Waals surface area contributed by atoms with Gasteiger partial charge in [0, 0.05) is 24.2 Å². The van der Waals surface area contributed by atoms with Crippen molar-refractivity contribution in [2.45, 2.75) is 24.5 Å². The van der Waals surface area contributed by atoms with Gasteiger partial charge in [0.1, 0.15) is 5.54 Å². The Labute approximate surface area is 224 Å². The van der Waals surface area contributed by atoms with Gasteiger partial charge in [-0.2, -0.15) is 9.97 Å². The third-order valence-corrected chi connectivity index (χ3v) is 6.36. The number of aromatic nitrogens is 2. The third kappa shape index (κ3) is 5.60. The smallest absolute Gasteiger partial charge is 0.347 e. The number of rotatable bonds is 11. The van der Waals surface area contributed by atoms with E-state index in [9.17, 15) is 19.5 Å². The summed E-state index contributed by atoms with van der Waals surface area (Å²) in [5.74, 6) is -2.48. The molecule has 0 fully saturated rings. The van der Waals surface area contributed by atoms with Crippen molar-refractivity contribution in [1.82, 2.24) is 15.3 Å². The van der Waals surface area contributed by atoms with Crippen LogP contribution in [0.5, 0.6) is 17.8 Å². The lowest BCUT2D eigenvalue weighted by atomic mass is 9.77. The van der Waals surface area contributed by atoms with Crippen molar-refractivity contribution in [2.24, 2.45) is 0 Å². The first kappa shape index (κ1) is 27.3. The van der Waals surface area contributed by atoms with Gasteiger partial charge in [-0.25, -0.2) is 4.79 Å². The van der Waals surface area contributed by atoms with Gasteiger partial charge in [0.25, 0.3) is 0 Å². The van der Waals surface area contributed by atoms with Gasteiger partial charge in [-0.1, -0.05) is 48.5 Å². The number of carbonyl (C=O) groups excluding carboxylic acids is 1. The SMILES string of the molecule is COc1cc(OC)nc(O[C@H](C(=O)O)[C@@]2(c3ccccc3)NCC(=O)N(CCCC(=O)O)c3ccccc32)n1. The standard InChI is InChI=1S/C27H28N4O8/c1-37-20-15-21(38-2)30-26(29-20)39-24(25(35)36)27(17-9-4-3-5-10-17)18-11-6-7-12-19(18)31(22(32)16-28-27)14-8-13-23(33)34/h3-7,9-12,15,24,28H,8,13-14,16H2,1-2H3,(H,33,34)(H,35,36)/t24-,27+/m1/s1. The molecule has 2 heterocycles. The summed E-state index contributed by atoms with van der Waals surface area (Å²) in [7, 11) is 2.78. The molecule has 12 heteroatoms. The number of ether oxygens (including phenoxy) is 3. The molecule has 0 bridgehead atoms. The number of para-hydroxylation sites is 1. The summed E-state index contributed by atoms with van der Waals surface area (Å²) in [6, 6.07) is 16.7. The number of aliphatic carboxylic acids is 2. The molecule has 0 aliphatic carbocycles. The quantitative estimate of drug-likeness (QED) is 0.329. The summed E-state index contributed by atoms with van der Waals surface area (Å²) in [6.45, 7) is -0.129. The van der Waals surface area contributed by atoms with Crippen molar-refractivity contribution < 1.29 is 38.8 Å². The molecule has 2 atom stereocenters. The number of carbonyl (C=O) groups is 3. The van der Waals surface area contributed by atoms with E-state index >= 15 is 0 Å². The van der Waals surface area contributed by atoms with E-state index in [1.165, 1.54) is 25.2 Å². The van der Waals surface area contributed by atoms with Crippen LogP contribution in [0.15, 0.2) is 60.7 Å². The minimum absolute atomic E-state index is 0.101. The lowest BCUT2D eigenvalue weighted by Crippen LogP contribution is -2.58. The molecule has 0 spiro atoms. The Balaban J connectivity index is 1.91. The Morgan fingerprint density at radius 1 is 1.03 bits per heavy atom. The number of methoxy groups -OCH3 is 2. The molecule has 0 saturated carbocycles. The van der Waals surface area contributed by atoms with Crippen molar-refractivity contribution in [3.05, 3.63) is 71.8 Å². The van der Waals surface area contributed by atoms with E-state index in [2.05, 4.69) is 15.3 Å². The maximum Gasteiger partial charge on any atom is 0.347 e. The van der Waals surface area contributed by atoms with Crippen molar-refractivity contribution in [3.8, 4) is 17.8 Å². The molecular weight excluding hydrogens is 508 g/mol. The molecule has 4 rings (SSSR count). The average molecular weight is 537 g/mol. The summed E-state index contributed by atoms with van der Waals surface area (Å²) in [6.07, 6.45) is -1.59. The van der Waals surface area contributed by atoms with Crippen LogP contribution in [0.25, 0.3) is 0 Å². The van der Waals surface area contributed by atoms with Gasteiger partial charge in [0.2, 0.25) is 23.8 Å². The highest BCUT2D eigenvalue weighted by Crippen LogP contribution is 2.42. The van der Waals surface area contributed by atoms with E-state index in [1.54, 1.807) is 54.6 Å². The van der Waals surface area contributed by atoms with Crippen molar-refractivity contribution in [1.29, 1.82) is 0 Å². The number of nitrogens with one attached hydrogen (secondary N) is 1. The fourth-order valence-corrected chi connectivity index (χ4v) is 4.63. The number of benzene rings is 2. The molecule has 1 amide bonds. The zero-order chi connectivity index (χ0) is 28.0. The molecule has 3 N–H and O–H groups in total. The van der Waals surface area contributed by atoms with Gasteiger partial charge in [-0.05, 0) is 18.1 Å². The van der Waals surface area contributed by atoms with E-state index in [4.69, 9.17) is 19.3 Å². The normalized spacial score (nSPS) is 17.5. The molecule has 0 radical (unpaired) electrons. The second-order valence-corrected chi connectivity index (χ2v) is 8.66. The van der Waals surface area contributed by atoms with Crippen LogP contribution in [-0.2, 0) is 19.9 Å². The third-order valence-electron chi connectivity index (χ3n) is 6.36. The molecule has 204 valence electrons. The lowest BCUT2D eigenvalue weighted by molar-refractivity contribution is -0.149. The van der Waals surface area contributed by atoms with Crippen molar-refractivity contribution in [2.75, 3.05) is 32.2 Å². The maximum absolute atomic E-state index is 13.4. The number of carboxylic acid groups (broad SMARTS) is 2. The highest BCUT2D eigenvalue weighted by Gasteiger charge is 2.52. The van der Waals surface area contributed by atoms with Crippen molar-refractivity contribution in [3.63, 3.8) is 0 Å². The highest BCUT2D eigenvalue weighted by atomic mass is 16.5. The van der Waals surface area contributed by atoms with Crippen LogP contribution in [0.4, 0.5) is 5.69 Å². The Morgan fingerprint density at radius 3 is 2.28 bits per heavy atom. The van der Waals surface area contributed by atoms with Gasteiger partial charge < -0.3 is 29.3 Å². The zero-order valence-electron chi connectivity index (χ0n) is 21.4. The highest BCUT2D eigenvalue weighted by molar-refractivity contribution is 5.97. The number of carboxylic acids is 2. The zero-order valence-corrected chi connectivity index (χ0v) is 21.4. The summed E-state index contributed by atoms with van der Waals surface area (Å²) in [4.78, 5) is 47.2. The number of nitrogens with zero attached hydrogens (tertiary/aromatic N) is 3. The first-order valence-electron chi connectivity index (χ1n) is 12.1. The van der Waals surface area contributed by atoms with Crippen molar-refractivity contribution >= 4 is 23.5 Å². The Bertz CT molecular complexity index is 1330. The van der Waals surface area contributed by atoms with Crippen LogP contribution < -0.4 is 24.4 Å². The minimum atomic E-state index is -1.68. The van der Waals surface area contributed by atoms with E-state index in [1.807, 2.05) is 0 Å². The monoisotopic (exact) mass is 536 g/mol. The van der Waals surface area contributed by atoms with Crippen LogP contribution in [-0.4, -0.2) is 71.4 Å². The summed E-state index contributed by atoms with van der Waals surface area (Å²) >= 11 is 0. The predicted octanol–water partition coefficient (Wildman–Crippen LogP) is 2.07. The van der Waals surface area contributed by atoms with Gasteiger partial charge >= 0.3 is 17.9 Å². The largest absolute Gasteiger partial charge is 0.481 e. The number of anilines is 1. The molecule has 1 aromatic heterocycles. The van der Waals surface area contributed by atoms with Crippen LogP contribution in [0.3, 0.4) is 0 Å². The summed E-state index contributed by atoms with van der Waals surface area (Å²) < 4.78 is 16.4. The molecule has 1 aliphatic rings. The number of fused-ring (bicyclic) bond motifs is 1. The second kappa shape index (κ2) is 11.8. The lowest BCUT2D eigenvalue weighted by Gasteiger charge is -2.39. The minimum Gasteiger partial charge on any atom is -0.481 e. The van der Waals surface area contributed by atoms with Crippen LogP contribution in [0.2, 0.25) is 0 Å². The van der Waals surface area contributed by atoms with Gasteiger partial charge in [0.05, 0.1) is 26.8 Å². The van der Waals surface area contributed by atoms with Crippen LogP contribution >= 0.6 is 0 Å². The summed E-state index contributed by atoms with van der Waals surface area (Å²) in [5.41, 5.74) is -0.208. The average Bonchev–Trinajstić information content (AvgIpc) is 3.06. The fourth-order valence-electron chi connectivity index (χ4n) is 4.63. The fraction of sp³-hybridized carbons (Fsp3) is 0.296. The topological polar surface area (TPSA) is 160 Å².